The third-order valence-corrected chi connectivity index (χ3v) is 5.52. The van der Waals surface area contributed by atoms with E-state index < -0.39 is 0 Å². The van der Waals surface area contributed by atoms with E-state index in [-0.39, 0.29) is 6.17 Å². The van der Waals surface area contributed by atoms with E-state index in [2.05, 4.69) is 24.5 Å². The molecule has 1 aliphatic heterocycles. The van der Waals surface area contributed by atoms with Crippen molar-refractivity contribution in [2.45, 2.75) is 45.3 Å². The first-order valence-electron chi connectivity index (χ1n) is 5.82. The van der Waals surface area contributed by atoms with Gasteiger partial charge in [-0.1, -0.05) is 20.3 Å². The highest BCUT2D eigenvalue weighted by atomic mass is 15.2. The van der Waals surface area contributed by atoms with Gasteiger partial charge in [-0.2, -0.15) is 0 Å². The Kier molecular flexibility index (Phi) is 1.64. The molecule has 5 atom stereocenters. The van der Waals surface area contributed by atoms with Gasteiger partial charge in [0.15, 0.2) is 0 Å². The molecule has 0 amide bonds. The highest BCUT2D eigenvalue weighted by Crippen LogP contribution is 2.69. The molecule has 14 heavy (non-hydrogen) atoms. The van der Waals surface area contributed by atoms with E-state index >= 15 is 0 Å². The van der Waals surface area contributed by atoms with Crippen LogP contribution in [-0.4, -0.2) is 18.9 Å². The van der Waals surface area contributed by atoms with Crippen molar-refractivity contribution in [1.29, 1.82) is 0 Å². The lowest BCUT2D eigenvalue weighted by Gasteiger charge is -2.68. The van der Waals surface area contributed by atoms with Gasteiger partial charge < -0.3 is 11.1 Å². The summed E-state index contributed by atoms with van der Waals surface area (Å²) >= 11 is 0. The van der Waals surface area contributed by atoms with Crippen LogP contribution in [0.3, 0.4) is 0 Å². The standard InChI is InChI=1S/C11H21N3/c1-10-4-3-5-11(10,2)8-7(10)9(12)14-6-13-8/h7-9,13-14H,3-6,12H2,1-2H3. The second-order valence-corrected chi connectivity index (χ2v) is 5.80. The van der Waals surface area contributed by atoms with Crippen molar-refractivity contribution in [3.8, 4) is 0 Å². The van der Waals surface area contributed by atoms with Crippen LogP contribution in [0, 0.1) is 16.7 Å². The van der Waals surface area contributed by atoms with Gasteiger partial charge in [0.2, 0.25) is 0 Å². The number of rotatable bonds is 0. The highest BCUT2D eigenvalue weighted by Gasteiger charge is 2.70. The Morgan fingerprint density at radius 2 is 1.86 bits per heavy atom. The molecule has 3 heteroatoms. The van der Waals surface area contributed by atoms with Crippen LogP contribution >= 0.6 is 0 Å². The lowest BCUT2D eigenvalue weighted by Crippen LogP contribution is -2.79. The van der Waals surface area contributed by atoms with Crippen LogP contribution in [0.5, 0.6) is 0 Å². The first kappa shape index (κ1) is 9.13. The molecule has 0 aromatic carbocycles. The first-order valence-corrected chi connectivity index (χ1v) is 5.82. The van der Waals surface area contributed by atoms with Gasteiger partial charge in [-0.25, -0.2) is 0 Å². The van der Waals surface area contributed by atoms with E-state index in [1.165, 1.54) is 19.3 Å². The topological polar surface area (TPSA) is 50.1 Å². The van der Waals surface area contributed by atoms with Crippen molar-refractivity contribution >= 4 is 0 Å². The molecule has 3 rings (SSSR count). The molecule has 1 heterocycles. The molecule has 4 N–H and O–H groups in total. The Morgan fingerprint density at radius 1 is 1.14 bits per heavy atom. The number of fused-ring (bicyclic) bond motifs is 4. The van der Waals surface area contributed by atoms with Crippen LogP contribution in [0.2, 0.25) is 0 Å². The summed E-state index contributed by atoms with van der Waals surface area (Å²) < 4.78 is 0. The van der Waals surface area contributed by atoms with Crippen molar-refractivity contribution in [2.24, 2.45) is 22.5 Å². The highest BCUT2D eigenvalue weighted by molar-refractivity contribution is 5.22. The zero-order valence-corrected chi connectivity index (χ0v) is 9.14. The molecular weight excluding hydrogens is 174 g/mol. The molecule has 5 unspecified atom stereocenters. The molecule has 0 spiro atoms. The second-order valence-electron chi connectivity index (χ2n) is 5.80. The number of nitrogens with two attached hydrogens (primary N) is 1. The van der Waals surface area contributed by atoms with Gasteiger partial charge in [0.05, 0.1) is 6.17 Å². The van der Waals surface area contributed by atoms with Crippen LogP contribution in [-0.2, 0) is 0 Å². The van der Waals surface area contributed by atoms with Gasteiger partial charge in [-0.05, 0) is 23.7 Å². The van der Waals surface area contributed by atoms with Gasteiger partial charge >= 0.3 is 0 Å². The van der Waals surface area contributed by atoms with Gasteiger partial charge in [0.1, 0.15) is 0 Å². The minimum Gasteiger partial charge on any atom is -0.316 e. The Hall–Kier alpha value is -0.120. The summed E-state index contributed by atoms with van der Waals surface area (Å²) in [4.78, 5) is 0. The summed E-state index contributed by atoms with van der Waals surface area (Å²) in [5.74, 6) is 0.642. The third-order valence-electron chi connectivity index (χ3n) is 5.52. The van der Waals surface area contributed by atoms with Crippen LogP contribution < -0.4 is 16.4 Å². The molecule has 3 nitrogen and oxygen atoms in total. The molecule has 1 saturated heterocycles. The zero-order chi connectivity index (χ0) is 9.97. The monoisotopic (exact) mass is 195 g/mol. The van der Waals surface area contributed by atoms with Crippen LogP contribution in [0.15, 0.2) is 0 Å². The molecule has 0 aromatic heterocycles. The minimum atomic E-state index is 0.206. The smallest absolute Gasteiger partial charge is 0.0606 e. The SMILES string of the molecule is CC12CCCC1(C)C1C(N)NCNC12. The maximum Gasteiger partial charge on any atom is 0.0606 e. The number of nitrogens with one attached hydrogen (secondary N) is 2. The van der Waals surface area contributed by atoms with Gasteiger partial charge in [-0.3, -0.25) is 5.32 Å². The third kappa shape index (κ3) is 0.765. The zero-order valence-electron chi connectivity index (χ0n) is 9.14. The van der Waals surface area contributed by atoms with Crippen LogP contribution in [0.25, 0.3) is 0 Å². The summed E-state index contributed by atoms with van der Waals surface area (Å²) in [5, 5.41) is 6.93. The van der Waals surface area contributed by atoms with E-state index in [0.717, 1.165) is 6.67 Å². The molecule has 80 valence electrons. The van der Waals surface area contributed by atoms with Crippen molar-refractivity contribution in [3.05, 3.63) is 0 Å². The van der Waals surface area contributed by atoms with E-state index in [9.17, 15) is 0 Å². The lowest BCUT2D eigenvalue weighted by atomic mass is 9.42. The van der Waals surface area contributed by atoms with Crippen molar-refractivity contribution in [2.75, 3.05) is 6.67 Å². The summed E-state index contributed by atoms with van der Waals surface area (Å²) in [6, 6.07) is 0.659. The van der Waals surface area contributed by atoms with Crippen molar-refractivity contribution < 1.29 is 0 Å². The minimum absolute atomic E-state index is 0.206. The van der Waals surface area contributed by atoms with Crippen LogP contribution in [0.4, 0.5) is 0 Å². The average molecular weight is 195 g/mol. The first-order chi connectivity index (χ1) is 6.59. The summed E-state index contributed by atoms with van der Waals surface area (Å²) in [5.41, 5.74) is 7.16. The fourth-order valence-electron chi connectivity index (χ4n) is 4.49. The van der Waals surface area contributed by atoms with Gasteiger partial charge in [0.25, 0.3) is 0 Å². The van der Waals surface area contributed by atoms with E-state index in [0.29, 0.717) is 22.8 Å². The Balaban J connectivity index is 1.96. The number of hydrogen-bond acceptors (Lipinski definition) is 3. The molecule has 3 fully saturated rings. The average Bonchev–Trinajstić information content (AvgIpc) is 2.39. The molecule has 3 aliphatic rings. The van der Waals surface area contributed by atoms with E-state index in [1.807, 2.05) is 0 Å². The number of hydrogen-bond donors (Lipinski definition) is 3. The molecule has 0 radical (unpaired) electrons. The molecule has 0 bridgehead atoms. The molecule has 2 saturated carbocycles. The Bertz CT molecular complexity index is 267. The lowest BCUT2D eigenvalue weighted by molar-refractivity contribution is -0.163. The summed E-state index contributed by atoms with van der Waals surface area (Å²) in [6.07, 6.45) is 4.33. The van der Waals surface area contributed by atoms with Gasteiger partial charge in [0, 0.05) is 18.6 Å². The van der Waals surface area contributed by atoms with Crippen LogP contribution in [0.1, 0.15) is 33.1 Å². The maximum absolute atomic E-state index is 6.17. The quantitative estimate of drug-likeness (QED) is 0.531. The largest absolute Gasteiger partial charge is 0.316 e. The Morgan fingerprint density at radius 3 is 2.64 bits per heavy atom. The molecule has 0 aromatic rings. The van der Waals surface area contributed by atoms with Gasteiger partial charge in [-0.15, -0.1) is 0 Å². The van der Waals surface area contributed by atoms with Crippen molar-refractivity contribution in [3.63, 3.8) is 0 Å². The normalized spacial score (nSPS) is 61.5. The van der Waals surface area contributed by atoms with E-state index in [4.69, 9.17) is 5.73 Å². The molecule has 2 aliphatic carbocycles. The van der Waals surface area contributed by atoms with Crippen molar-refractivity contribution in [1.82, 2.24) is 10.6 Å². The summed E-state index contributed by atoms with van der Waals surface area (Å²) in [6.45, 7) is 5.77. The maximum atomic E-state index is 6.17. The molecular formula is C11H21N3. The van der Waals surface area contributed by atoms with E-state index in [1.54, 1.807) is 0 Å². The summed E-state index contributed by atoms with van der Waals surface area (Å²) in [7, 11) is 0. The predicted molar refractivity (Wildman–Crippen MR) is 56.5 cm³/mol. The second kappa shape index (κ2) is 2.52. The fourth-order valence-corrected chi connectivity index (χ4v) is 4.49. The Labute approximate surface area is 85.8 Å². The predicted octanol–water partition coefficient (Wildman–Crippen LogP) is 0.616. The fraction of sp³-hybridized carbons (Fsp3) is 1.00.